The van der Waals surface area contributed by atoms with Crippen LogP contribution in [0.1, 0.15) is 39.3 Å². The van der Waals surface area contributed by atoms with Crippen molar-refractivity contribution >= 4 is 23.2 Å². The molecule has 0 spiro atoms. The number of amides is 1. The van der Waals surface area contributed by atoms with Gasteiger partial charge in [-0.1, -0.05) is 18.2 Å². The van der Waals surface area contributed by atoms with E-state index in [0.717, 1.165) is 36.2 Å². The highest BCUT2D eigenvalue weighted by Gasteiger charge is 2.05. The van der Waals surface area contributed by atoms with E-state index in [4.69, 9.17) is 0 Å². The van der Waals surface area contributed by atoms with Crippen LogP contribution in [0.25, 0.3) is 0 Å². The number of guanidine groups is 1. The molecule has 140 valence electrons. The van der Waals surface area contributed by atoms with Crippen LogP contribution in [0.2, 0.25) is 0 Å². The van der Waals surface area contributed by atoms with Gasteiger partial charge in [0.15, 0.2) is 5.96 Å². The monoisotopic (exact) mass is 373 g/mol. The summed E-state index contributed by atoms with van der Waals surface area (Å²) < 4.78 is 0. The van der Waals surface area contributed by atoms with E-state index in [9.17, 15) is 4.79 Å². The largest absolute Gasteiger partial charge is 0.357 e. The van der Waals surface area contributed by atoms with Gasteiger partial charge in [-0.25, -0.2) is 9.98 Å². The smallest absolute Gasteiger partial charge is 0.251 e. The molecule has 0 aliphatic rings. The van der Waals surface area contributed by atoms with Crippen molar-refractivity contribution in [3.8, 4) is 0 Å². The number of aliphatic imine (C=N–C) groups is 1. The van der Waals surface area contributed by atoms with Gasteiger partial charge in [0.05, 0.1) is 17.2 Å². The Morgan fingerprint density at radius 3 is 2.50 bits per heavy atom. The van der Waals surface area contributed by atoms with Crippen molar-refractivity contribution in [2.24, 2.45) is 4.99 Å². The quantitative estimate of drug-likeness (QED) is 0.378. The van der Waals surface area contributed by atoms with Crippen LogP contribution in [0.3, 0.4) is 0 Å². The van der Waals surface area contributed by atoms with Crippen molar-refractivity contribution in [1.82, 2.24) is 20.9 Å². The highest BCUT2D eigenvalue weighted by molar-refractivity contribution is 7.11. The Hall–Kier alpha value is -2.41. The maximum Gasteiger partial charge on any atom is 0.251 e. The number of carbonyl (C=O) groups excluding carboxylic acids is 1. The van der Waals surface area contributed by atoms with Gasteiger partial charge in [0.25, 0.3) is 5.91 Å². The fourth-order valence-electron chi connectivity index (χ4n) is 2.40. The van der Waals surface area contributed by atoms with Gasteiger partial charge in [-0.05, 0) is 39.3 Å². The van der Waals surface area contributed by atoms with Crippen LogP contribution >= 0.6 is 11.3 Å². The topological polar surface area (TPSA) is 78.4 Å². The maximum absolute atomic E-state index is 12.0. The van der Waals surface area contributed by atoms with Crippen LogP contribution < -0.4 is 16.0 Å². The number of rotatable bonds is 8. The number of aromatic nitrogens is 1. The first kappa shape index (κ1) is 19.9. The molecule has 0 atom stereocenters. The van der Waals surface area contributed by atoms with Gasteiger partial charge in [0, 0.05) is 30.1 Å². The summed E-state index contributed by atoms with van der Waals surface area (Å²) in [6, 6.07) is 9.25. The van der Waals surface area contributed by atoms with Gasteiger partial charge in [-0.2, -0.15) is 0 Å². The zero-order valence-corrected chi connectivity index (χ0v) is 16.4. The number of carbonyl (C=O) groups is 1. The molecule has 3 N–H and O–H groups in total. The number of aryl methyl sites for hydroxylation is 2. The minimum Gasteiger partial charge on any atom is -0.357 e. The summed E-state index contributed by atoms with van der Waals surface area (Å²) in [5.41, 5.74) is 1.74. The summed E-state index contributed by atoms with van der Waals surface area (Å²) in [7, 11) is 0. The number of thiazole rings is 1. The molecule has 0 unspecified atom stereocenters. The number of hydrogen-bond acceptors (Lipinski definition) is 4. The van der Waals surface area contributed by atoms with Gasteiger partial charge in [0.1, 0.15) is 0 Å². The van der Waals surface area contributed by atoms with Gasteiger partial charge in [-0.15, -0.1) is 11.3 Å². The Morgan fingerprint density at radius 1 is 1.12 bits per heavy atom. The lowest BCUT2D eigenvalue weighted by Crippen LogP contribution is -2.38. The summed E-state index contributed by atoms with van der Waals surface area (Å²) in [5.74, 6) is 0.745. The molecule has 0 saturated heterocycles. The SMILES string of the molecule is CCNC(=NCc1sc(C)nc1C)NCCCNC(=O)c1ccccc1. The molecule has 0 radical (unpaired) electrons. The Kier molecular flexibility index (Phi) is 8.08. The van der Waals surface area contributed by atoms with E-state index in [2.05, 4.69) is 25.9 Å². The summed E-state index contributed by atoms with van der Waals surface area (Å²) in [6.45, 7) is 8.85. The molecular formula is C19H27N5OS. The minimum absolute atomic E-state index is 0.0396. The molecule has 0 saturated carbocycles. The molecule has 0 aliphatic carbocycles. The molecule has 1 aromatic carbocycles. The van der Waals surface area contributed by atoms with Crippen molar-refractivity contribution in [2.75, 3.05) is 19.6 Å². The first-order valence-electron chi connectivity index (χ1n) is 8.88. The molecule has 2 rings (SSSR count). The second-order valence-corrected chi connectivity index (χ2v) is 7.13. The summed E-state index contributed by atoms with van der Waals surface area (Å²) in [5, 5.41) is 10.5. The number of benzene rings is 1. The first-order chi connectivity index (χ1) is 12.6. The van der Waals surface area contributed by atoms with E-state index in [1.165, 1.54) is 4.88 Å². The fraction of sp³-hybridized carbons (Fsp3) is 0.421. The third kappa shape index (κ3) is 6.48. The van der Waals surface area contributed by atoms with E-state index < -0.39 is 0 Å². The van der Waals surface area contributed by atoms with Crippen molar-refractivity contribution in [1.29, 1.82) is 0 Å². The van der Waals surface area contributed by atoms with E-state index >= 15 is 0 Å². The van der Waals surface area contributed by atoms with Gasteiger partial charge >= 0.3 is 0 Å². The molecule has 0 bridgehead atoms. The van der Waals surface area contributed by atoms with Crippen molar-refractivity contribution in [2.45, 2.75) is 33.7 Å². The molecule has 1 aromatic heterocycles. The summed E-state index contributed by atoms with van der Waals surface area (Å²) in [4.78, 5) is 22.2. The van der Waals surface area contributed by atoms with Gasteiger partial charge in [0.2, 0.25) is 0 Å². The predicted molar refractivity (Wildman–Crippen MR) is 108 cm³/mol. The van der Waals surface area contributed by atoms with Crippen molar-refractivity contribution in [3.05, 3.63) is 51.5 Å². The Balaban J connectivity index is 1.73. The number of nitrogens with one attached hydrogen (secondary N) is 3. The number of nitrogens with zero attached hydrogens (tertiary/aromatic N) is 2. The Labute approximate surface area is 159 Å². The average molecular weight is 374 g/mol. The number of hydrogen-bond donors (Lipinski definition) is 3. The van der Waals surface area contributed by atoms with Gasteiger partial charge in [-0.3, -0.25) is 4.79 Å². The molecule has 0 aliphatic heterocycles. The molecular weight excluding hydrogens is 346 g/mol. The fourth-order valence-corrected chi connectivity index (χ4v) is 3.26. The van der Waals surface area contributed by atoms with Gasteiger partial charge < -0.3 is 16.0 Å². The van der Waals surface area contributed by atoms with Crippen molar-refractivity contribution in [3.63, 3.8) is 0 Å². The molecule has 7 heteroatoms. The maximum atomic E-state index is 12.0. The third-order valence-corrected chi connectivity index (χ3v) is 4.75. The zero-order valence-electron chi connectivity index (χ0n) is 15.6. The second kappa shape index (κ2) is 10.6. The van der Waals surface area contributed by atoms with Crippen LogP contribution in [0.15, 0.2) is 35.3 Å². The average Bonchev–Trinajstić information content (AvgIpc) is 2.97. The van der Waals surface area contributed by atoms with Crippen molar-refractivity contribution < 1.29 is 4.79 Å². The second-order valence-electron chi connectivity index (χ2n) is 5.84. The molecule has 0 fully saturated rings. The first-order valence-corrected chi connectivity index (χ1v) is 9.70. The third-order valence-electron chi connectivity index (χ3n) is 3.69. The lowest BCUT2D eigenvalue weighted by molar-refractivity contribution is 0.0953. The zero-order chi connectivity index (χ0) is 18.8. The normalized spacial score (nSPS) is 11.3. The van der Waals surface area contributed by atoms with E-state index in [-0.39, 0.29) is 5.91 Å². The van der Waals surface area contributed by atoms with E-state index in [1.54, 1.807) is 11.3 Å². The Morgan fingerprint density at radius 2 is 1.85 bits per heavy atom. The highest BCUT2D eigenvalue weighted by Crippen LogP contribution is 2.17. The molecule has 2 aromatic rings. The molecule has 1 heterocycles. The lowest BCUT2D eigenvalue weighted by Gasteiger charge is -2.11. The summed E-state index contributed by atoms with van der Waals surface area (Å²) >= 11 is 1.69. The van der Waals surface area contributed by atoms with Crippen LogP contribution in [-0.2, 0) is 6.54 Å². The molecule has 1 amide bonds. The highest BCUT2D eigenvalue weighted by atomic mass is 32.1. The Bertz CT molecular complexity index is 727. The summed E-state index contributed by atoms with van der Waals surface area (Å²) in [6.07, 6.45) is 0.821. The van der Waals surface area contributed by atoms with Crippen LogP contribution in [0.4, 0.5) is 0 Å². The predicted octanol–water partition coefficient (Wildman–Crippen LogP) is 2.64. The molecule has 26 heavy (non-hydrogen) atoms. The molecule has 6 nitrogen and oxygen atoms in total. The van der Waals surface area contributed by atoms with Crippen LogP contribution in [-0.4, -0.2) is 36.5 Å². The van der Waals surface area contributed by atoms with Crippen LogP contribution in [0, 0.1) is 13.8 Å². The lowest BCUT2D eigenvalue weighted by atomic mass is 10.2. The standard InChI is InChI=1S/C19H27N5OS/c1-4-20-19(23-13-17-14(2)24-15(3)26-17)22-12-8-11-21-18(25)16-9-6-5-7-10-16/h5-7,9-10H,4,8,11-13H2,1-3H3,(H,21,25)(H2,20,22,23). The van der Waals surface area contributed by atoms with E-state index in [0.29, 0.717) is 18.7 Å². The minimum atomic E-state index is -0.0396. The van der Waals surface area contributed by atoms with Crippen LogP contribution in [0.5, 0.6) is 0 Å². The van der Waals surface area contributed by atoms with E-state index in [1.807, 2.05) is 51.1 Å².